The van der Waals surface area contributed by atoms with Crippen LogP contribution in [-0.4, -0.2) is 36.4 Å². The molecule has 0 unspecified atom stereocenters. The van der Waals surface area contributed by atoms with Crippen molar-refractivity contribution in [2.45, 2.75) is 53.6 Å². The van der Waals surface area contributed by atoms with Crippen LogP contribution >= 0.6 is 0 Å². The molecule has 0 saturated heterocycles. The monoisotopic (exact) mass is 396 g/mol. The van der Waals surface area contributed by atoms with E-state index in [4.69, 9.17) is 4.74 Å². The summed E-state index contributed by atoms with van der Waals surface area (Å²) in [5.74, 6) is 0.328. The molecule has 1 N–H and O–H groups in total. The van der Waals surface area contributed by atoms with Gasteiger partial charge in [-0.15, -0.1) is 0 Å². The van der Waals surface area contributed by atoms with Gasteiger partial charge in [-0.1, -0.05) is 42.8 Å². The van der Waals surface area contributed by atoms with E-state index in [1.807, 2.05) is 65.0 Å². The summed E-state index contributed by atoms with van der Waals surface area (Å²) >= 11 is 0. The number of nitrogens with one attached hydrogen (secondary N) is 1. The zero-order valence-corrected chi connectivity index (χ0v) is 18.3. The first kappa shape index (κ1) is 22.5. The third kappa shape index (κ3) is 5.83. The summed E-state index contributed by atoms with van der Waals surface area (Å²) in [4.78, 5) is 27.1. The quantitative estimate of drug-likeness (QED) is 0.737. The van der Waals surface area contributed by atoms with Gasteiger partial charge in [-0.05, 0) is 62.4 Å². The molecule has 0 aliphatic heterocycles. The number of likely N-dealkylation sites (N-methyl/N-ethyl adjacent to an activating group) is 1. The summed E-state index contributed by atoms with van der Waals surface area (Å²) < 4.78 is 5.88. The van der Waals surface area contributed by atoms with Crippen LogP contribution in [0.2, 0.25) is 0 Å². The predicted octanol–water partition coefficient (Wildman–Crippen LogP) is 3.85. The number of rotatable bonds is 8. The molecule has 0 aromatic heterocycles. The molecule has 0 aliphatic rings. The van der Waals surface area contributed by atoms with Crippen molar-refractivity contribution >= 4 is 11.8 Å². The number of carbonyl (C=O) groups excluding carboxylic acids is 2. The van der Waals surface area contributed by atoms with Crippen LogP contribution in [0.3, 0.4) is 0 Å². The molecule has 1 atom stereocenters. The fourth-order valence-corrected chi connectivity index (χ4v) is 3.35. The standard InChI is InChI=1S/C24H32N2O3/c1-7-21(24(28)25-6)26(14-20-10-8-16(2)9-11-20)23(27)15-29-22-13-17(3)12-18(4)19(22)5/h8-13,21H,7,14-15H2,1-6H3,(H,25,28)/t21-/m0/s1. The summed E-state index contributed by atoms with van der Waals surface area (Å²) in [6, 6.07) is 11.5. The summed E-state index contributed by atoms with van der Waals surface area (Å²) in [5.41, 5.74) is 5.36. The fraction of sp³-hybridized carbons (Fsp3) is 0.417. The Morgan fingerprint density at radius 2 is 1.69 bits per heavy atom. The molecule has 156 valence electrons. The van der Waals surface area contributed by atoms with Crippen LogP contribution < -0.4 is 10.1 Å². The van der Waals surface area contributed by atoms with Crippen molar-refractivity contribution in [1.82, 2.24) is 10.2 Å². The first-order valence-electron chi connectivity index (χ1n) is 10.0. The Morgan fingerprint density at radius 3 is 2.28 bits per heavy atom. The number of benzene rings is 2. The molecule has 2 aromatic rings. The lowest BCUT2D eigenvalue weighted by Crippen LogP contribution is -2.49. The lowest BCUT2D eigenvalue weighted by molar-refractivity contribution is -0.142. The molecule has 0 saturated carbocycles. The van der Waals surface area contributed by atoms with E-state index >= 15 is 0 Å². The molecule has 0 aliphatic carbocycles. The van der Waals surface area contributed by atoms with E-state index in [1.165, 1.54) is 0 Å². The smallest absolute Gasteiger partial charge is 0.261 e. The Bertz CT molecular complexity index is 859. The van der Waals surface area contributed by atoms with E-state index in [0.717, 1.165) is 27.8 Å². The molecular weight excluding hydrogens is 364 g/mol. The normalized spacial score (nSPS) is 11.7. The predicted molar refractivity (Wildman–Crippen MR) is 116 cm³/mol. The molecule has 2 rings (SSSR count). The first-order valence-corrected chi connectivity index (χ1v) is 10.0. The van der Waals surface area contributed by atoms with Crippen LogP contribution in [0.15, 0.2) is 36.4 Å². The third-order valence-corrected chi connectivity index (χ3v) is 5.22. The van der Waals surface area contributed by atoms with Crippen LogP contribution in [0.1, 0.15) is 41.2 Å². The van der Waals surface area contributed by atoms with Crippen molar-refractivity contribution in [2.24, 2.45) is 0 Å². The molecule has 29 heavy (non-hydrogen) atoms. The number of ether oxygens (including phenoxy) is 1. The SMILES string of the molecule is CC[C@@H](C(=O)NC)N(Cc1ccc(C)cc1)C(=O)COc1cc(C)cc(C)c1C. The average molecular weight is 397 g/mol. The zero-order valence-electron chi connectivity index (χ0n) is 18.3. The second kappa shape index (κ2) is 10.1. The van der Waals surface area contributed by atoms with Gasteiger partial charge in [0.1, 0.15) is 11.8 Å². The maximum atomic E-state index is 13.1. The highest BCUT2D eigenvalue weighted by Crippen LogP contribution is 2.23. The lowest BCUT2D eigenvalue weighted by atomic mass is 10.1. The molecular formula is C24H32N2O3. The number of amides is 2. The second-order valence-electron chi connectivity index (χ2n) is 7.54. The van der Waals surface area contributed by atoms with Crippen molar-refractivity contribution in [3.8, 4) is 5.75 Å². The Balaban J connectivity index is 2.23. The fourth-order valence-electron chi connectivity index (χ4n) is 3.35. The van der Waals surface area contributed by atoms with Crippen molar-refractivity contribution < 1.29 is 14.3 Å². The number of hydrogen-bond acceptors (Lipinski definition) is 3. The van der Waals surface area contributed by atoms with Gasteiger partial charge in [0, 0.05) is 13.6 Å². The van der Waals surface area contributed by atoms with Gasteiger partial charge in [0.2, 0.25) is 5.91 Å². The molecule has 2 amide bonds. The van der Waals surface area contributed by atoms with Gasteiger partial charge >= 0.3 is 0 Å². The van der Waals surface area contributed by atoms with Gasteiger partial charge < -0.3 is 15.0 Å². The van der Waals surface area contributed by atoms with Gasteiger partial charge in [0.05, 0.1) is 0 Å². The molecule has 0 bridgehead atoms. The van der Waals surface area contributed by atoms with Gasteiger partial charge in [-0.25, -0.2) is 0 Å². The molecule has 0 fully saturated rings. The van der Waals surface area contributed by atoms with Gasteiger partial charge in [-0.2, -0.15) is 0 Å². The van der Waals surface area contributed by atoms with E-state index in [1.54, 1.807) is 11.9 Å². The third-order valence-electron chi connectivity index (χ3n) is 5.22. The highest BCUT2D eigenvalue weighted by Gasteiger charge is 2.28. The van der Waals surface area contributed by atoms with Crippen molar-refractivity contribution in [3.05, 3.63) is 64.2 Å². The summed E-state index contributed by atoms with van der Waals surface area (Å²) in [6.07, 6.45) is 0.528. The summed E-state index contributed by atoms with van der Waals surface area (Å²) in [7, 11) is 1.59. The Labute approximate surface area is 174 Å². The minimum Gasteiger partial charge on any atom is -0.483 e. The van der Waals surface area contributed by atoms with E-state index in [0.29, 0.717) is 18.7 Å². The molecule has 5 heteroatoms. The van der Waals surface area contributed by atoms with Crippen molar-refractivity contribution in [2.75, 3.05) is 13.7 Å². The molecule has 0 radical (unpaired) electrons. The molecule has 0 heterocycles. The summed E-state index contributed by atoms with van der Waals surface area (Å²) in [5, 5.41) is 2.67. The highest BCUT2D eigenvalue weighted by atomic mass is 16.5. The summed E-state index contributed by atoms with van der Waals surface area (Å²) in [6.45, 7) is 10.2. The Kier molecular flexibility index (Phi) is 7.82. The van der Waals surface area contributed by atoms with E-state index in [9.17, 15) is 9.59 Å². The molecule has 5 nitrogen and oxygen atoms in total. The number of aryl methyl sites for hydroxylation is 3. The Hall–Kier alpha value is -2.82. The average Bonchev–Trinajstić information content (AvgIpc) is 2.70. The van der Waals surface area contributed by atoms with E-state index in [-0.39, 0.29) is 18.4 Å². The van der Waals surface area contributed by atoms with Gasteiger partial charge in [0.15, 0.2) is 6.61 Å². The molecule has 0 spiro atoms. The highest BCUT2D eigenvalue weighted by molar-refractivity contribution is 5.88. The van der Waals surface area contributed by atoms with Crippen LogP contribution in [0, 0.1) is 27.7 Å². The van der Waals surface area contributed by atoms with Crippen LogP contribution in [0.5, 0.6) is 5.75 Å². The maximum absolute atomic E-state index is 13.1. The van der Waals surface area contributed by atoms with Crippen molar-refractivity contribution in [3.63, 3.8) is 0 Å². The van der Waals surface area contributed by atoms with Crippen LogP contribution in [0.25, 0.3) is 0 Å². The van der Waals surface area contributed by atoms with Gasteiger partial charge in [-0.3, -0.25) is 9.59 Å². The van der Waals surface area contributed by atoms with Gasteiger partial charge in [0.25, 0.3) is 5.91 Å². The zero-order chi connectivity index (χ0) is 21.6. The van der Waals surface area contributed by atoms with Crippen LogP contribution in [0.4, 0.5) is 0 Å². The maximum Gasteiger partial charge on any atom is 0.261 e. The van der Waals surface area contributed by atoms with Crippen molar-refractivity contribution in [1.29, 1.82) is 0 Å². The largest absolute Gasteiger partial charge is 0.483 e. The number of hydrogen-bond donors (Lipinski definition) is 1. The number of carbonyl (C=O) groups is 2. The van der Waals surface area contributed by atoms with Crippen LogP contribution in [-0.2, 0) is 16.1 Å². The Morgan fingerprint density at radius 1 is 1.03 bits per heavy atom. The molecule has 2 aromatic carbocycles. The minimum absolute atomic E-state index is 0.108. The first-order chi connectivity index (χ1) is 13.8. The minimum atomic E-state index is -0.544. The second-order valence-corrected chi connectivity index (χ2v) is 7.54. The lowest BCUT2D eigenvalue weighted by Gasteiger charge is -2.30. The van der Waals surface area contributed by atoms with E-state index in [2.05, 4.69) is 11.4 Å². The van der Waals surface area contributed by atoms with E-state index < -0.39 is 6.04 Å². The number of nitrogens with zero attached hydrogens (tertiary/aromatic N) is 1. The topological polar surface area (TPSA) is 58.6 Å².